The normalized spacial score (nSPS) is 30.8. The second kappa shape index (κ2) is 5.33. The number of carboxylic acid groups (broad SMARTS) is 1. The van der Waals surface area contributed by atoms with Crippen LogP contribution in [0.4, 0.5) is 0 Å². The fraction of sp³-hybridized carbons (Fsp3) is 0.917. The zero-order valence-corrected chi connectivity index (χ0v) is 10.4. The van der Waals surface area contributed by atoms with Gasteiger partial charge in [-0.3, -0.25) is 9.69 Å². The number of nitrogens with zero attached hydrogens (tertiary/aromatic N) is 1. The summed E-state index contributed by atoms with van der Waals surface area (Å²) in [5.74, 6) is -0.713. The molecule has 2 fully saturated rings. The maximum Gasteiger partial charge on any atom is 0.324 e. The monoisotopic (exact) mass is 243 g/mol. The van der Waals surface area contributed by atoms with E-state index in [1.165, 1.54) is 0 Å². The minimum Gasteiger partial charge on any atom is -0.480 e. The van der Waals surface area contributed by atoms with Crippen LogP contribution in [0, 0.1) is 0 Å². The van der Waals surface area contributed by atoms with Crippen molar-refractivity contribution in [2.75, 3.05) is 32.9 Å². The summed E-state index contributed by atoms with van der Waals surface area (Å²) in [4.78, 5) is 13.7. The minimum absolute atomic E-state index is 0.108. The second-order valence-corrected chi connectivity index (χ2v) is 4.93. The van der Waals surface area contributed by atoms with Gasteiger partial charge in [0.25, 0.3) is 0 Å². The van der Waals surface area contributed by atoms with Gasteiger partial charge in [0.1, 0.15) is 5.54 Å². The van der Waals surface area contributed by atoms with Crippen LogP contribution in [0.1, 0.15) is 26.2 Å². The minimum atomic E-state index is -0.736. The van der Waals surface area contributed by atoms with Gasteiger partial charge >= 0.3 is 5.97 Å². The van der Waals surface area contributed by atoms with Crippen molar-refractivity contribution in [2.24, 2.45) is 0 Å². The molecule has 1 unspecified atom stereocenters. The van der Waals surface area contributed by atoms with Crippen molar-refractivity contribution in [3.63, 3.8) is 0 Å². The molecule has 2 aliphatic rings. The molecule has 0 radical (unpaired) electrons. The lowest BCUT2D eigenvalue weighted by molar-refractivity contribution is -0.159. The van der Waals surface area contributed by atoms with Crippen LogP contribution in [0.15, 0.2) is 0 Å². The van der Waals surface area contributed by atoms with Crippen LogP contribution < -0.4 is 0 Å². The van der Waals surface area contributed by atoms with E-state index in [2.05, 4.69) is 4.90 Å². The van der Waals surface area contributed by atoms with Crippen molar-refractivity contribution >= 4 is 5.97 Å². The number of carbonyl (C=O) groups is 1. The molecule has 98 valence electrons. The standard InChI is InChI=1S/C12H21NO4/c1-10-9-13(5-2-6-17-10)12(11(14)15)3-7-16-8-4-12/h10H,2-9H2,1H3,(H,14,15). The first-order chi connectivity index (χ1) is 8.15. The molecule has 1 atom stereocenters. The molecule has 17 heavy (non-hydrogen) atoms. The molecular formula is C12H21NO4. The van der Waals surface area contributed by atoms with E-state index in [9.17, 15) is 9.90 Å². The smallest absolute Gasteiger partial charge is 0.324 e. The molecule has 2 heterocycles. The zero-order chi connectivity index (χ0) is 12.3. The summed E-state index contributed by atoms with van der Waals surface area (Å²) < 4.78 is 10.9. The maximum atomic E-state index is 11.7. The summed E-state index contributed by atoms with van der Waals surface area (Å²) in [6, 6.07) is 0. The van der Waals surface area contributed by atoms with E-state index in [0.29, 0.717) is 32.6 Å². The van der Waals surface area contributed by atoms with Gasteiger partial charge in [-0.15, -0.1) is 0 Å². The predicted octanol–water partition coefficient (Wildman–Crippen LogP) is 0.731. The molecule has 0 aromatic carbocycles. The molecule has 0 aliphatic carbocycles. The van der Waals surface area contributed by atoms with E-state index >= 15 is 0 Å². The van der Waals surface area contributed by atoms with Crippen LogP contribution in [0.5, 0.6) is 0 Å². The van der Waals surface area contributed by atoms with Crippen LogP contribution in [0.25, 0.3) is 0 Å². The molecule has 0 bridgehead atoms. The van der Waals surface area contributed by atoms with Gasteiger partial charge in [-0.05, 0) is 26.2 Å². The fourth-order valence-corrected chi connectivity index (χ4v) is 2.76. The maximum absolute atomic E-state index is 11.7. The number of hydrogen-bond acceptors (Lipinski definition) is 4. The first kappa shape index (κ1) is 12.8. The highest BCUT2D eigenvalue weighted by atomic mass is 16.5. The topological polar surface area (TPSA) is 59.0 Å². The quantitative estimate of drug-likeness (QED) is 0.775. The molecule has 0 amide bonds. The lowest BCUT2D eigenvalue weighted by Gasteiger charge is -2.42. The van der Waals surface area contributed by atoms with E-state index in [0.717, 1.165) is 19.6 Å². The third kappa shape index (κ3) is 2.61. The van der Waals surface area contributed by atoms with E-state index in [-0.39, 0.29) is 6.10 Å². The molecule has 1 N–H and O–H groups in total. The second-order valence-electron chi connectivity index (χ2n) is 4.93. The van der Waals surface area contributed by atoms with Crippen molar-refractivity contribution in [3.05, 3.63) is 0 Å². The highest BCUT2D eigenvalue weighted by Crippen LogP contribution is 2.30. The Labute approximate surface area is 102 Å². The molecule has 5 heteroatoms. The molecule has 2 aliphatic heterocycles. The third-order valence-corrected chi connectivity index (χ3v) is 3.78. The number of carboxylic acids is 1. The third-order valence-electron chi connectivity index (χ3n) is 3.78. The van der Waals surface area contributed by atoms with Crippen LogP contribution in [-0.2, 0) is 14.3 Å². The lowest BCUT2D eigenvalue weighted by atomic mass is 9.87. The lowest BCUT2D eigenvalue weighted by Crippen LogP contribution is -2.59. The Balaban J connectivity index is 2.16. The number of hydrogen-bond donors (Lipinski definition) is 1. The first-order valence-electron chi connectivity index (χ1n) is 6.33. The van der Waals surface area contributed by atoms with Crippen molar-refractivity contribution in [1.29, 1.82) is 0 Å². The highest BCUT2D eigenvalue weighted by molar-refractivity contribution is 5.79. The van der Waals surface area contributed by atoms with E-state index in [4.69, 9.17) is 9.47 Å². The summed E-state index contributed by atoms with van der Waals surface area (Å²) in [6.07, 6.45) is 2.17. The van der Waals surface area contributed by atoms with E-state index < -0.39 is 11.5 Å². The molecule has 0 spiro atoms. The summed E-state index contributed by atoms with van der Waals surface area (Å²) >= 11 is 0. The summed E-state index contributed by atoms with van der Waals surface area (Å²) in [5.41, 5.74) is -0.736. The molecule has 0 aromatic rings. The van der Waals surface area contributed by atoms with Crippen molar-refractivity contribution in [2.45, 2.75) is 37.8 Å². The molecule has 0 aromatic heterocycles. The van der Waals surface area contributed by atoms with Gasteiger partial charge in [-0.25, -0.2) is 0 Å². The van der Waals surface area contributed by atoms with Crippen molar-refractivity contribution in [1.82, 2.24) is 4.90 Å². The molecule has 2 saturated heterocycles. The van der Waals surface area contributed by atoms with Crippen molar-refractivity contribution < 1.29 is 19.4 Å². The Morgan fingerprint density at radius 3 is 2.71 bits per heavy atom. The van der Waals surface area contributed by atoms with Crippen LogP contribution in [0.3, 0.4) is 0 Å². The average Bonchev–Trinajstić information content (AvgIpc) is 2.55. The molecule has 2 rings (SSSR count). The molecular weight excluding hydrogens is 222 g/mol. The summed E-state index contributed by atoms with van der Waals surface area (Å²) in [6.45, 7) is 5.32. The van der Waals surface area contributed by atoms with Gasteiger partial charge in [0.15, 0.2) is 0 Å². The van der Waals surface area contributed by atoms with Crippen LogP contribution >= 0.6 is 0 Å². The van der Waals surface area contributed by atoms with Crippen LogP contribution in [0.2, 0.25) is 0 Å². The van der Waals surface area contributed by atoms with Gasteiger partial charge in [-0.2, -0.15) is 0 Å². The first-order valence-corrected chi connectivity index (χ1v) is 6.33. The van der Waals surface area contributed by atoms with Gasteiger partial charge in [-0.1, -0.05) is 0 Å². The Kier molecular flexibility index (Phi) is 4.01. The van der Waals surface area contributed by atoms with Gasteiger partial charge in [0.05, 0.1) is 6.10 Å². The van der Waals surface area contributed by atoms with E-state index in [1.807, 2.05) is 6.92 Å². The Hall–Kier alpha value is -0.650. The number of aliphatic carboxylic acids is 1. The number of rotatable bonds is 2. The summed E-state index contributed by atoms with van der Waals surface area (Å²) in [5, 5.41) is 9.58. The zero-order valence-electron chi connectivity index (χ0n) is 10.4. The largest absolute Gasteiger partial charge is 0.480 e. The SMILES string of the molecule is CC1CN(C2(C(=O)O)CCOCC2)CCCO1. The highest BCUT2D eigenvalue weighted by Gasteiger charge is 2.46. The Morgan fingerprint density at radius 2 is 2.06 bits per heavy atom. The van der Waals surface area contributed by atoms with Gasteiger partial charge in [0.2, 0.25) is 0 Å². The summed E-state index contributed by atoms with van der Waals surface area (Å²) in [7, 11) is 0. The fourth-order valence-electron chi connectivity index (χ4n) is 2.76. The number of ether oxygens (including phenoxy) is 2. The van der Waals surface area contributed by atoms with Crippen LogP contribution in [-0.4, -0.2) is 60.5 Å². The van der Waals surface area contributed by atoms with Gasteiger partial charge < -0.3 is 14.6 Å². The Morgan fingerprint density at radius 1 is 1.35 bits per heavy atom. The molecule has 0 saturated carbocycles. The Bertz CT molecular complexity index is 276. The van der Waals surface area contributed by atoms with Gasteiger partial charge in [0, 0.05) is 32.9 Å². The average molecular weight is 243 g/mol. The molecule has 5 nitrogen and oxygen atoms in total. The van der Waals surface area contributed by atoms with Crippen molar-refractivity contribution in [3.8, 4) is 0 Å². The predicted molar refractivity (Wildman–Crippen MR) is 62.0 cm³/mol. The van der Waals surface area contributed by atoms with E-state index in [1.54, 1.807) is 0 Å².